The van der Waals surface area contributed by atoms with Gasteiger partial charge in [-0.1, -0.05) is 34.1 Å². The first-order chi connectivity index (χ1) is 12.5. The van der Waals surface area contributed by atoms with Crippen molar-refractivity contribution in [2.24, 2.45) is 0 Å². The van der Waals surface area contributed by atoms with E-state index in [1.165, 1.54) is 12.1 Å². The van der Waals surface area contributed by atoms with Crippen molar-refractivity contribution in [3.05, 3.63) is 74.7 Å². The van der Waals surface area contributed by atoms with Crippen LogP contribution in [0.3, 0.4) is 0 Å². The second-order valence-corrected chi connectivity index (χ2v) is 7.65. The van der Waals surface area contributed by atoms with Crippen molar-refractivity contribution in [2.45, 2.75) is 18.8 Å². The van der Waals surface area contributed by atoms with Gasteiger partial charge in [-0.3, -0.25) is 0 Å². The Labute approximate surface area is 162 Å². The molecule has 0 spiro atoms. The number of rotatable bonds is 3. The highest BCUT2D eigenvalue weighted by Gasteiger charge is 2.33. The summed E-state index contributed by atoms with van der Waals surface area (Å²) in [4.78, 5) is 3.06. The van der Waals surface area contributed by atoms with Crippen LogP contribution in [0.15, 0.2) is 53.1 Å². The predicted molar refractivity (Wildman–Crippen MR) is 94.5 cm³/mol. The molecule has 0 atom stereocenters. The van der Waals surface area contributed by atoms with E-state index >= 15 is 0 Å². The molecule has 0 bridgehead atoms. The van der Waals surface area contributed by atoms with Gasteiger partial charge < -0.3 is 0 Å². The SMILES string of the molecule is FC(F)(F)c1ccc(Cc2ccc(Br)cc2-c2ncc(C(F)(F)F)s2)cc1. The third-order valence-corrected chi connectivity index (χ3v) is 5.33. The normalized spacial score (nSPS) is 12.4. The number of aromatic nitrogens is 1. The number of hydrogen-bond donors (Lipinski definition) is 0. The van der Waals surface area contributed by atoms with Crippen molar-refractivity contribution < 1.29 is 26.3 Å². The zero-order chi connectivity index (χ0) is 19.8. The van der Waals surface area contributed by atoms with Gasteiger partial charge in [-0.2, -0.15) is 26.3 Å². The Kier molecular flexibility index (Phi) is 5.36. The molecule has 0 aliphatic heterocycles. The summed E-state index contributed by atoms with van der Waals surface area (Å²) in [7, 11) is 0. The summed E-state index contributed by atoms with van der Waals surface area (Å²) in [5, 5.41) is 0.200. The molecule has 0 unspecified atom stereocenters. The Morgan fingerprint density at radius 2 is 1.56 bits per heavy atom. The van der Waals surface area contributed by atoms with Gasteiger partial charge in [0, 0.05) is 10.0 Å². The average Bonchev–Trinajstić information content (AvgIpc) is 3.06. The molecule has 1 nitrogen and oxygen atoms in total. The van der Waals surface area contributed by atoms with Crippen LogP contribution in [0.4, 0.5) is 26.3 Å². The quantitative estimate of drug-likeness (QED) is 0.372. The van der Waals surface area contributed by atoms with Crippen molar-refractivity contribution in [3.8, 4) is 10.6 Å². The minimum absolute atomic E-state index is 0.200. The summed E-state index contributed by atoms with van der Waals surface area (Å²) in [6, 6.07) is 9.78. The smallest absolute Gasteiger partial charge is 0.244 e. The molecule has 0 N–H and O–H groups in total. The predicted octanol–water partition coefficient (Wildman–Crippen LogP) is 7.20. The fourth-order valence-corrected chi connectivity index (χ4v) is 3.66. The Bertz CT molecular complexity index is 944. The lowest BCUT2D eigenvalue weighted by atomic mass is 9.99. The molecule has 3 rings (SSSR count). The minimum Gasteiger partial charge on any atom is -0.244 e. The van der Waals surface area contributed by atoms with Crippen molar-refractivity contribution in [1.29, 1.82) is 0 Å². The van der Waals surface area contributed by atoms with Crippen LogP contribution < -0.4 is 0 Å². The molecular weight excluding hydrogens is 456 g/mol. The summed E-state index contributed by atoms with van der Waals surface area (Å²) >= 11 is 3.81. The topological polar surface area (TPSA) is 12.9 Å². The Balaban J connectivity index is 1.94. The molecule has 1 heterocycles. The molecule has 9 heteroatoms. The molecule has 142 valence electrons. The molecule has 2 aromatic carbocycles. The third-order valence-electron chi connectivity index (χ3n) is 3.76. The van der Waals surface area contributed by atoms with Gasteiger partial charge in [0.1, 0.15) is 9.88 Å². The number of nitrogens with zero attached hydrogens (tertiary/aromatic N) is 1. The minimum atomic E-state index is -4.48. The largest absolute Gasteiger partial charge is 0.427 e. The van der Waals surface area contributed by atoms with E-state index < -0.39 is 22.8 Å². The van der Waals surface area contributed by atoms with Crippen LogP contribution in [-0.4, -0.2) is 4.98 Å². The monoisotopic (exact) mass is 465 g/mol. The molecule has 0 fully saturated rings. The van der Waals surface area contributed by atoms with E-state index in [2.05, 4.69) is 20.9 Å². The first-order valence-corrected chi connectivity index (χ1v) is 9.13. The van der Waals surface area contributed by atoms with E-state index in [-0.39, 0.29) is 11.4 Å². The van der Waals surface area contributed by atoms with Gasteiger partial charge in [-0.25, -0.2) is 4.98 Å². The third kappa shape index (κ3) is 4.70. The fraction of sp³-hybridized carbons (Fsp3) is 0.167. The van der Waals surface area contributed by atoms with E-state index in [9.17, 15) is 26.3 Å². The molecular formula is C18H10BrF6NS. The molecule has 0 amide bonds. The van der Waals surface area contributed by atoms with Crippen LogP contribution in [0.5, 0.6) is 0 Å². The zero-order valence-corrected chi connectivity index (χ0v) is 15.7. The Morgan fingerprint density at radius 3 is 2.11 bits per heavy atom. The molecule has 27 heavy (non-hydrogen) atoms. The highest BCUT2D eigenvalue weighted by molar-refractivity contribution is 9.10. The lowest BCUT2D eigenvalue weighted by molar-refractivity contribution is -0.137. The molecule has 0 aliphatic carbocycles. The Hall–Kier alpha value is -1.87. The van der Waals surface area contributed by atoms with Gasteiger partial charge in [-0.05, 0) is 41.8 Å². The number of hydrogen-bond acceptors (Lipinski definition) is 2. The van der Waals surface area contributed by atoms with Gasteiger partial charge in [0.05, 0.1) is 11.8 Å². The van der Waals surface area contributed by atoms with Gasteiger partial charge in [0.15, 0.2) is 0 Å². The number of alkyl halides is 6. The summed E-state index contributed by atoms with van der Waals surface area (Å²) in [6.45, 7) is 0. The maximum atomic E-state index is 12.8. The van der Waals surface area contributed by atoms with Crippen LogP contribution in [0.1, 0.15) is 21.6 Å². The van der Waals surface area contributed by atoms with Crippen molar-refractivity contribution in [3.63, 3.8) is 0 Å². The first-order valence-electron chi connectivity index (χ1n) is 7.52. The number of benzene rings is 2. The summed E-state index contributed by atoms with van der Waals surface area (Å²) in [6.07, 6.45) is -7.85. The number of halogens is 7. The van der Waals surface area contributed by atoms with Crippen LogP contribution in [0.2, 0.25) is 0 Å². The molecule has 0 aliphatic rings. The second kappa shape index (κ2) is 7.27. The summed E-state index contributed by atoms with van der Waals surface area (Å²) in [5.41, 5.74) is 1.03. The van der Waals surface area contributed by atoms with E-state index in [0.717, 1.165) is 18.3 Å². The van der Waals surface area contributed by atoms with Crippen molar-refractivity contribution in [2.75, 3.05) is 0 Å². The van der Waals surface area contributed by atoms with E-state index in [4.69, 9.17) is 0 Å². The molecule has 0 radical (unpaired) electrons. The van der Waals surface area contributed by atoms with Gasteiger partial charge in [0.2, 0.25) is 0 Å². The Morgan fingerprint density at radius 1 is 0.889 bits per heavy atom. The summed E-state index contributed by atoms with van der Waals surface area (Å²) in [5.74, 6) is 0. The van der Waals surface area contributed by atoms with Crippen LogP contribution >= 0.6 is 27.3 Å². The average molecular weight is 466 g/mol. The van der Waals surface area contributed by atoms with Gasteiger partial charge in [0.25, 0.3) is 0 Å². The highest BCUT2D eigenvalue weighted by Crippen LogP contribution is 2.39. The summed E-state index contributed by atoms with van der Waals surface area (Å²) < 4.78 is 77.2. The van der Waals surface area contributed by atoms with Gasteiger partial charge in [-0.15, -0.1) is 11.3 Å². The number of thiazole rings is 1. The van der Waals surface area contributed by atoms with Crippen molar-refractivity contribution in [1.82, 2.24) is 4.98 Å². The second-order valence-electron chi connectivity index (χ2n) is 5.70. The van der Waals surface area contributed by atoms with Crippen molar-refractivity contribution >= 4 is 27.3 Å². The molecule has 0 saturated heterocycles. The highest BCUT2D eigenvalue weighted by atomic mass is 79.9. The van der Waals surface area contributed by atoms with E-state index in [0.29, 0.717) is 32.5 Å². The first kappa shape index (κ1) is 19.9. The van der Waals surface area contributed by atoms with Gasteiger partial charge >= 0.3 is 12.4 Å². The lowest BCUT2D eigenvalue weighted by Crippen LogP contribution is -2.04. The zero-order valence-electron chi connectivity index (χ0n) is 13.3. The maximum absolute atomic E-state index is 12.8. The van der Waals surface area contributed by atoms with E-state index in [1.807, 2.05) is 0 Å². The molecule has 3 aromatic rings. The standard InChI is InChI=1S/C18H10BrF6NS/c19-13-6-3-11(7-10-1-4-12(5-2-10)17(20,21)22)14(8-13)16-26-9-15(27-16)18(23,24)25/h1-6,8-9H,7H2. The fourth-order valence-electron chi connectivity index (χ4n) is 2.46. The van der Waals surface area contributed by atoms with Crippen LogP contribution in [0.25, 0.3) is 10.6 Å². The van der Waals surface area contributed by atoms with Crippen LogP contribution in [-0.2, 0) is 18.8 Å². The molecule has 1 aromatic heterocycles. The van der Waals surface area contributed by atoms with Crippen LogP contribution in [0, 0.1) is 0 Å². The lowest BCUT2D eigenvalue weighted by Gasteiger charge is -2.10. The maximum Gasteiger partial charge on any atom is 0.427 e. The van der Waals surface area contributed by atoms with E-state index in [1.54, 1.807) is 18.2 Å². The molecule has 0 saturated carbocycles.